The number of hydrogen-bond donors (Lipinski definition) is 0. The zero-order valence-electron chi connectivity index (χ0n) is 24.7. The fraction of sp³-hybridized carbons (Fsp3) is 0.655. The topological polar surface area (TPSA) is 142 Å². The molecule has 0 aromatic heterocycles. The van der Waals surface area contributed by atoms with Gasteiger partial charge >= 0.3 is 23.9 Å². The van der Waals surface area contributed by atoms with Crippen LogP contribution in [0.15, 0.2) is 18.2 Å². The number of esters is 4. The summed E-state index contributed by atoms with van der Waals surface area (Å²) >= 11 is 6.50. The second-order valence-corrected chi connectivity index (χ2v) is 10.8. The van der Waals surface area contributed by atoms with E-state index in [0.29, 0.717) is 28.9 Å². The first-order chi connectivity index (χ1) is 19.9. The van der Waals surface area contributed by atoms with Crippen LogP contribution in [0.4, 0.5) is 0 Å². The van der Waals surface area contributed by atoms with Gasteiger partial charge in [0.15, 0.2) is 12.2 Å². The van der Waals surface area contributed by atoms with Crippen molar-refractivity contribution in [2.75, 3.05) is 27.4 Å². The molecule has 0 amide bonds. The minimum Gasteiger partial charge on any atom is -0.492 e. The number of rotatable bonds is 11. The van der Waals surface area contributed by atoms with E-state index >= 15 is 0 Å². The van der Waals surface area contributed by atoms with Crippen molar-refractivity contribution in [2.45, 2.75) is 89.7 Å². The maximum absolute atomic E-state index is 12.3. The summed E-state index contributed by atoms with van der Waals surface area (Å²) in [6.45, 7) is 4.67. The van der Waals surface area contributed by atoms with Gasteiger partial charge in [0.25, 0.3) is 0 Å². The Balaban J connectivity index is 2.05. The van der Waals surface area contributed by atoms with E-state index < -0.39 is 60.7 Å². The van der Waals surface area contributed by atoms with Gasteiger partial charge in [-0.05, 0) is 43.7 Å². The van der Waals surface area contributed by atoms with Crippen molar-refractivity contribution in [3.05, 3.63) is 28.8 Å². The summed E-state index contributed by atoms with van der Waals surface area (Å²) < 4.78 is 45.7. The zero-order valence-corrected chi connectivity index (χ0v) is 25.5. The maximum Gasteiger partial charge on any atom is 0.303 e. The molecule has 2 unspecified atom stereocenters. The smallest absolute Gasteiger partial charge is 0.303 e. The Hall–Kier alpha value is -2.93. The van der Waals surface area contributed by atoms with Crippen molar-refractivity contribution in [1.29, 1.82) is 0 Å². The number of hydrogen-bond acceptors (Lipinski definition) is 12. The third-order valence-corrected chi connectivity index (χ3v) is 7.59. The second kappa shape index (κ2) is 15.0. The first kappa shape index (κ1) is 33.6. The predicted molar refractivity (Wildman–Crippen MR) is 147 cm³/mol. The van der Waals surface area contributed by atoms with Gasteiger partial charge in [-0.3, -0.25) is 19.2 Å². The highest BCUT2D eigenvalue weighted by atomic mass is 35.5. The SMILES string of the molecule is COC1CCC(COc2cc(C3(OC)O[C@H](COC(C)=O)[C@@H](OC(C)=O)C(OC(C)=O)[C@H]3OC(C)=O)ccc2Cl)CC1. The number of methoxy groups -OCH3 is 2. The minimum absolute atomic E-state index is 0.247. The van der Waals surface area contributed by atoms with Gasteiger partial charge in [-0.25, -0.2) is 0 Å². The van der Waals surface area contributed by atoms with Gasteiger partial charge in [0.1, 0.15) is 18.5 Å². The molecule has 42 heavy (non-hydrogen) atoms. The molecule has 12 nitrogen and oxygen atoms in total. The molecule has 1 aromatic carbocycles. The van der Waals surface area contributed by atoms with Gasteiger partial charge in [0, 0.05) is 47.5 Å². The number of ether oxygens (including phenoxy) is 8. The summed E-state index contributed by atoms with van der Waals surface area (Å²) in [6, 6.07) is 4.74. The van der Waals surface area contributed by atoms with Crippen LogP contribution in [0.25, 0.3) is 0 Å². The van der Waals surface area contributed by atoms with Crippen molar-refractivity contribution in [2.24, 2.45) is 5.92 Å². The highest BCUT2D eigenvalue weighted by Gasteiger charge is 2.61. The molecule has 0 N–H and O–H groups in total. The summed E-state index contributed by atoms with van der Waals surface area (Å²) in [4.78, 5) is 48.4. The summed E-state index contributed by atoms with van der Waals surface area (Å²) in [5.74, 6) is -4.18. The molecule has 5 atom stereocenters. The highest BCUT2D eigenvalue weighted by Crippen LogP contribution is 2.45. The van der Waals surface area contributed by atoms with Crippen LogP contribution in [0.3, 0.4) is 0 Å². The second-order valence-electron chi connectivity index (χ2n) is 10.3. The number of carbonyl (C=O) groups is 4. The zero-order chi connectivity index (χ0) is 31.0. The Labute approximate surface area is 250 Å². The van der Waals surface area contributed by atoms with E-state index in [1.54, 1.807) is 25.3 Å². The molecule has 0 radical (unpaired) electrons. The normalized spacial score (nSPS) is 29.2. The molecule has 0 spiro atoms. The van der Waals surface area contributed by atoms with Crippen molar-refractivity contribution >= 4 is 35.5 Å². The van der Waals surface area contributed by atoms with E-state index in [-0.39, 0.29) is 6.10 Å². The molecule has 1 heterocycles. The van der Waals surface area contributed by atoms with Crippen molar-refractivity contribution in [3.63, 3.8) is 0 Å². The fourth-order valence-corrected chi connectivity index (χ4v) is 5.53. The van der Waals surface area contributed by atoms with Crippen molar-refractivity contribution in [1.82, 2.24) is 0 Å². The molecule has 0 bridgehead atoms. The molecule has 3 rings (SSSR count). The van der Waals surface area contributed by atoms with Crippen LogP contribution in [0, 0.1) is 5.92 Å². The molecule has 1 saturated heterocycles. The van der Waals surface area contributed by atoms with Gasteiger partial charge in [0.05, 0.1) is 17.7 Å². The molecule has 1 aliphatic heterocycles. The average molecular weight is 615 g/mol. The third-order valence-electron chi connectivity index (χ3n) is 7.28. The molecule has 2 fully saturated rings. The Kier molecular flexibility index (Phi) is 12.0. The van der Waals surface area contributed by atoms with Crippen molar-refractivity contribution in [3.8, 4) is 5.75 Å². The monoisotopic (exact) mass is 614 g/mol. The summed E-state index contributed by atoms with van der Waals surface area (Å²) in [5, 5.41) is 0.321. The van der Waals surface area contributed by atoms with Crippen LogP contribution in [0.5, 0.6) is 5.75 Å². The number of halogens is 1. The lowest BCUT2D eigenvalue weighted by molar-refractivity contribution is -0.367. The molecule has 234 valence electrons. The lowest BCUT2D eigenvalue weighted by Crippen LogP contribution is -2.67. The highest BCUT2D eigenvalue weighted by molar-refractivity contribution is 6.32. The van der Waals surface area contributed by atoms with Crippen LogP contribution in [0.2, 0.25) is 5.02 Å². The summed E-state index contributed by atoms with van der Waals surface area (Å²) in [7, 11) is 3.02. The van der Waals surface area contributed by atoms with E-state index in [0.717, 1.165) is 46.5 Å². The largest absolute Gasteiger partial charge is 0.492 e. The maximum atomic E-state index is 12.3. The van der Waals surface area contributed by atoms with Gasteiger partial charge in [-0.1, -0.05) is 17.7 Å². The van der Waals surface area contributed by atoms with Crippen LogP contribution in [0.1, 0.15) is 58.9 Å². The van der Waals surface area contributed by atoms with E-state index in [1.165, 1.54) is 14.0 Å². The summed E-state index contributed by atoms with van der Waals surface area (Å²) in [6.07, 6.45) is -1.42. The lowest BCUT2D eigenvalue weighted by Gasteiger charge is -2.50. The number of carbonyl (C=O) groups excluding carboxylic acids is 4. The van der Waals surface area contributed by atoms with E-state index in [2.05, 4.69) is 0 Å². The third kappa shape index (κ3) is 8.33. The van der Waals surface area contributed by atoms with Gasteiger partial charge < -0.3 is 37.9 Å². The van der Waals surface area contributed by atoms with Gasteiger partial charge in [0.2, 0.25) is 11.9 Å². The lowest BCUT2D eigenvalue weighted by atomic mass is 9.87. The number of benzene rings is 1. The fourth-order valence-electron chi connectivity index (χ4n) is 5.35. The van der Waals surface area contributed by atoms with E-state index in [1.807, 2.05) is 0 Å². The van der Waals surface area contributed by atoms with Crippen molar-refractivity contribution < 1.29 is 57.1 Å². The molecule has 1 saturated carbocycles. The minimum atomic E-state index is -1.94. The van der Waals surface area contributed by atoms with Crippen LogP contribution in [-0.2, 0) is 58.1 Å². The van der Waals surface area contributed by atoms with E-state index in [4.69, 9.17) is 49.5 Å². The Morgan fingerprint density at radius 2 is 1.48 bits per heavy atom. The Morgan fingerprint density at radius 1 is 0.857 bits per heavy atom. The first-order valence-corrected chi connectivity index (χ1v) is 14.1. The van der Waals surface area contributed by atoms with Crippen LogP contribution >= 0.6 is 11.6 Å². The quantitative estimate of drug-likeness (QED) is 0.266. The van der Waals surface area contributed by atoms with Gasteiger partial charge in [-0.15, -0.1) is 0 Å². The van der Waals surface area contributed by atoms with Crippen LogP contribution in [-0.4, -0.2) is 81.8 Å². The molecular formula is C29H39ClO12. The van der Waals surface area contributed by atoms with E-state index in [9.17, 15) is 19.2 Å². The summed E-state index contributed by atoms with van der Waals surface area (Å²) in [5.41, 5.74) is 0.296. The average Bonchev–Trinajstić information content (AvgIpc) is 2.93. The standard InChI is InChI=1S/C29H39ClO12/c1-16(31)37-15-25-26(39-17(2)32)27(40-18(3)33)28(41-19(4)34)29(36-6,42-25)21-9-12-23(30)24(13-21)38-14-20-7-10-22(35-5)11-8-20/h9,12-13,20,22,25-28H,7-8,10-11,14-15H2,1-6H3/t20?,22?,25-,26-,27?,28-,29?/m1/s1. The molecule has 2 aliphatic rings. The first-order valence-electron chi connectivity index (χ1n) is 13.7. The molecule has 13 heteroatoms. The van der Waals surface area contributed by atoms with Crippen LogP contribution < -0.4 is 4.74 Å². The predicted octanol–water partition coefficient (Wildman–Crippen LogP) is 3.48. The molecular weight excluding hydrogens is 576 g/mol. The van der Waals surface area contributed by atoms with Gasteiger partial charge in [-0.2, -0.15) is 0 Å². The molecule has 1 aliphatic carbocycles. The molecule has 1 aromatic rings. The Morgan fingerprint density at radius 3 is 2.02 bits per heavy atom. The Bertz CT molecular complexity index is 1120.